The van der Waals surface area contributed by atoms with E-state index >= 15 is 0 Å². The molecule has 0 atom stereocenters. The number of nitrogens with one attached hydrogen (secondary N) is 1. The van der Waals surface area contributed by atoms with E-state index in [-0.39, 0.29) is 5.69 Å². The van der Waals surface area contributed by atoms with Gasteiger partial charge in [0.2, 0.25) is 0 Å². The minimum Gasteiger partial charge on any atom is -0.485 e. The van der Waals surface area contributed by atoms with Gasteiger partial charge in [-0.05, 0) is 25.6 Å². The number of benzene rings is 1. The molecule has 0 amide bonds. The topological polar surface area (TPSA) is 64.4 Å². The predicted molar refractivity (Wildman–Crippen MR) is 57.3 cm³/mol. The summed E-state index contributed by atoms with van der Waals surface area (Å²) in [6.45, 7) is 2.88. The number of hydrogen-bond donors (Lipinski definition) is 1. The maximum Gasteiger partial charge on any atom is 0.311 e. The van der Waals surface area contributed by atoms with Gasteiger partial charge >= 0.3 is 5.69 Å². The van der Waals surface area contributed by atoms with Gasteiger partial charge in [0.25, 0.3) is 0 Å². The predicted octanol–water partition coefficient (Wildman–Crippen LogP) is 1.50. The Morgan fingerprint density at radius 1 is 1.53 bits per heavy atom. The zero-order valence-electron chi connectivity index (χ0n) is 8.82. The molecule has 0 saturated carbocycles. The molecule has 0 heterocycles. The molecule has 0 radical (unpaired) electrons. The first-order valence-electron chi connectivity index (χ1n) is 4.67. The van der Waals surface area contributed by atoms with Crippen LogP contribution in [0, 0.1) is 17.0 Å². The number of hydrogen-bond acceptors (Lipinski definition) is 4. The lowest BCUT2D eigenvalue weighted by Gasteiger charge is -2.06. The molecule has 0 aliphatic heterocycles. The first kappa shape index (κ1) is 11.5. The first-order chi connectivity index (χ1) is 7.15. The number of likely N-dealkylation sites (N-methyl/N-ethyl adjacent to an activating group) is 1. The van der Waals surface area contributed by atoms with E-state index in [0.717, 1.165) is 5.56 Å². The zero-order chi connectivity index (χ0) is 11.3. The van der Waals surface area contributed by atoms with Gasteiger partial charge < -0.3 is 10.1 Å². The third-order valence-corrected chi connectivity index (χ3v) is 1.92. The zero-order valence-corrected chi connectivity index (χ0v) is 8.82. The summed E-state index contributed by atoms with van der Waals surface area (Å²) in [5, 5.41) is 13.6. The average molecular weight is 210 g/mol. The minimum absolute atomic E-state index is 0.0195. The Hall–Kier alpha value is -1.62. The van der Waals surface area contributed by atoms with Crippen LogP contribution in [-0.2, 0) is 0 Å². The maximum atomic E-state index is 10.7. The van der Waals surface area contributed by atoms with E-state index in [2.05, 4.69) is 5.32 Å². The van der Waals surface area contributed by atoms with Crippen LogP contribution in [0.1, 0.15) is 5.56 Å². The minimum atomic E-state index is -0.429. The van der Waals surface area contributed by atoms with Gasteiger partial charge in [-0.15, -0.1) is 0 Å². The van der Waals surface area contributed by atoms with Gasteiger partial charge in [0.15, 0.2) is 5.75 Å². The molecule has 1 aromatic rings. The van der Waals surface area contributed by atoms with Crippen LogP contribution in [0.5, 0.6) is 5.75 Å². The fraction of sp³-hybridized carbons (Fsp3) is 0.400. The van der Waals surface area contributed by atoms with Crippen LogP contribution in [0.4, 0.5) is 5.69 Å². The van der Waals surface area contributed by atoms with Gasteiger partial charge in [0, 0.05) is 12.6 Å². The summed E-state index contributed by atoms with van der Waals surface area (Å²) in [6, 6.07) is 4.93. The summed E-state index contributed by atoms with van der Waals surface area (Å²) in [5.41, 5.74) is 0.869. The Morgan fingerprint density at radius 3 is 2.87 bits per heavy atom. The van der Waals surface area contributed by atoms with E-state index in [1.807, 2.05) is 6.92 Å². The SMILES string of the molecule is CNCCOc1ccc(C)cc1[N+](=O)[O-]. The van der Waals surface area contributed by atoms with Crippen LogP contribution in [0.25, 0.3) is 0 Å². The molecule has 0 spiro atoms. The van der Waals surface area contributed by atoms with E-state index in [1.54, 1.807) is 19.2 Å². The van der Waals surface area contributed by atoms with Crippen molar-refractivity contribution >= 4 is 5.69 Å². The molecule has 82 valence electrons. The highest BCUT2D eigenvalue weighted by molar-refractivity contribution is 5.48. The Labute approximate surface area is 88.2 Å². The van der Waals surface area contributed by atoms with Crippen LogP contribution in [-0.4, -0.2) is 25.1 Å². The third kappa shape index (κ3) is 3.21. The van der Waals surface area contributed by atoms with Crippen molar-refractivity contribution in [2.75, 3.05) is 20.2 Å². The molecular weight excluding hydrogens is 196 g/mol. The quantitative estimate of drug-likeness (QED) is 0.454. The molecule has 0 aromatic heterocycles. The lowest BCUT2D eigenvalue weighted by atomic mass is 10.2. The average Bonchev–Trinajstić information content (AvgIpc) is 2.20. The summed E-state index contributed by atoms with van der Waals surface area (Å²) in [7, 11) is 1.80. The van der Waals surface area contributed by atoms with Crippen molar-refractivity contribution in [3.63, 3.8) is 0 Å². The van der Waals surface area contributed by atoms with Gasteiger partial charge in [0.05, 0.1) is 4.92 Å². The van der Waals surface area contributed by atoms with Gasteiger partial charge in [-0.3, -0.25) is 10.1 Å². The monoisotopic (exact) mass is 210 g/mol. The second kappa shape index (κ2) is 5.31. The van der Waals surface area contributed by atoms with Crippen LogP contribution in [0.15, 0.2) is 18.2 Å². The molecule has 0 aliphatic carbocycles. The Bertz CT molecular complexity index is 353. The number of ether oxygens (including phenoxy) is 1. The fourth-order valence-electron chi connectivity index (χ4n) is 1.16. The highest BCUT2D eigenvalue weighted by atomic mass is 16.6. The van der Waals surface area contributed by atoms with Gasteiger partial charge in [0.1, 0.15) is 6.61 Å². The second-order valence-electron chi connectivity index (χ2n) is 3.18. The van der Waals surface area contributed by atoms with Crippen LogP contribution < -0.4 is 10.1 Å². The van der Waals surface area contributed by atoms with E-state index < -0.39 is 4.92 Å². The fourth-order valence-corrected chi connectivity index (χ4v) is 1.16. The van der Waals surface area contributed by atoms with Crippen molar-refractivity contribution in [2.24, 2.45) is 0 Å². The molecule has 1 N–H and O–H groups in total. The van der Waals surface area contributed by atoms with Crippen molar-refractivity contribution in [1.82, 2.24) is 5.32 Å². The third-order valence-electron chi connectivity index (χ3n) is 1.92. The summed E-state index contributed by atoms with van der Waals surface area (Å²) >= 11 is 0. The molecule has 5 heteroatoms. The number of aryl methyl sites for hydroxylation is 1. The molecule has 1 aromatic carbocycles. The lowest BCUT2D eigenvalue weighted by molar-refractivity contribution is -0.385. The first-order valence-corrected chi connectivity index (χ1v) is 4.67. The molecule has 15 heavy (non-hydrogen) atoms. The van der Waals surface area contributed by atoms with E-state index in [1.165, 1.54) is 6.07 Å². The molecule has 0 fully saturated rings. The lowest BCUT2D eigenvalue weighted by Crippen LogP contribution is -2.16. The number of rotatable bonds is 5. The van der Waals surface area contributed by atoms with Gasteiger partial charge in [-0.25, -0.2) is 0 Å². The second-order valence-corrected chi connectivity index (χ2v) is 3.18. The van der Waals surface area contributed by atoms with E-state index in [4.69, 9.17) is 4.74 Å². The standard InChI is InChI=1S/C10H14N2O3/c1-8-3-4-10(15-6-5-11-2)9(7-8)12(13)14/h3-4,7,11H,5-6H2,1-2H3. The van der Waals surface area contributed by atoms with Crippen molar-refractivity contribution in [2.45, 2.75) is 6.92 Å². The highest BCUT2D eigenvalue weighted by Gasteiger charge is 2.14. The van der Waals surface area contributed by atoms with Gasteiger partial charge in [-0.2, -0.15) is 0 Å². The maximum absolute atomic E-state index is 10.7. The Balaban J connectivity index is 2.81. The summed E-state index contributed by atoms with van der Waals surface area (Å²) in [5.74, 6) is 0.320. The molecule has 0 bridgehead atoms. The molecule has 1 rings (SSSR count). The molecule has 5 nitrogen and oxygen atoms in total. The molecule has 0 saturated heterocycles. The van der Waals surface area contributed by atoms with Crippen LogP contribution in [0.3, 0.4) is 0 Å². The van der Waals surface area contributed by atoms with Crippen LogP contribution in [0.2, 0.25) is 0 Å². The largest absolute Gasteiger partial charge is 0.485 e. The summed E-state index contributed by atoms with van der Waals surface area (Å²) < 4.78 is 5.29. The van der Waals surface area contributed by atoms with Crippen molar-refractivity contribution in [1.29, 1.82) is 0 Å². The highest BCUT2D eigenvalue weighted by Crippen LogP contribution is 2.27. The van der Waals surface area contributed by atoms with Crippen molar-refractivity contribution < 1.29 is 9.66 Å². The smallest absolute Gasteiger partial charge is 0.311 e. The Kier molecular flexibility index (Phi) is 4.05. The van der Waals surface area contributed by atoms with Crippen LogP contribution >= 0.6 is 0 Å². The molecular formula is C10H14N2O3. The summed E-state index contributed by atoms with van der Waals surface area (Å²) in [4.78, 5) is 10.3. The number of nitro groups is 1. The van der Waals surface area contributed by atoms with Crippen molar-refractivity contribution in [3.05, 3.63) is 33.9 Å². The van der Waals surface area contributed by atoms with E-state index in [9.17, 15) is 10.1 Å². The molecule has 0 unspecified atom stereocenters. The Morgan fingerprint density at radius 2 is 2.27 bits per heavy atom. The van der Waals surface area contributed by atoms with Crippen molar-refractivity contribution in [3.8, 4) is 5.75 Å². The van der Waals surface area contributed by atoms with Gasteiger partial charge in [-0.1, -0.05) is 6.07 Å². The van der Waals surface area contributed by atoms with E-state index in [0.29, 0.717) is 18.9 Å². The summed E-state index contributed by atoms with van der Waals surface area (Å²) in [6.07, 6.45) is 0. The normalized spacial score (nSPS) is 10.0. The number of nitrogens with zero attached hydrogens (tertiary/aromatic N) is 1. The molecule has 0 aliphatic rings. The number of nitro benzene ring substituents is 1.